The molecular weight excluding hydrogens is 442 g/mol. The molecule has 0 aliphatic heterocycles. The van der Waals surface area contributed by atoms with Gasteiger partial charge in [-0.05, 0) is 68.0 Å². The summed E-state index contributed by atoms with van der Waals surface area (Å²) in [7, 11) is 1.84. The summed E-state index contributed by atoms with van der Waals surface area (Å²) in [6.07, 6.45) is 0. The van der Waals surface area contributed by atoms with E-state index in [0.717, 1.165) is 22.4 Å². The van der Waals surface area contributed by atoms with E-state index in [-0.39, 0.29) is 5.91 Å². The molecule has 186 valence electrons. The number of benzene rings is 2. The number of aromatic nitrogens is 2. The number of carbonyl (C=O) groups excluding carboxylic acids is 2. The Morgan fingerprint density at radius 3 is 2.37 bits per heavy atom. The lowest BCUT2D eigenvalue weighted by atomic mass is 10.0. The van der Waals surface area contributed by atoms with E-state index in [1.165, 1.54) is 5.56 Å². The second kappa shape index (κ2) is 10.8. The van der Waals surface area contributed by atoms with Gasteiger partial charge >= 0.3 is 5.97 Å². The van der Waals surface area contributed by atoms with Crippen LogP contribution in [0.3, 0.4) is 0 Å². The number of rotatable bonds is 9. The molecule has 0 aliphatic rings. The minimum Gasteiger partial charge on any atom is -0.476 e. The topological polar surface area (TPSA) is 82.5 Å². The Kier molecular flexibility index (Phi) is 7.99. The van der Waals surface area contributed by atoms with Crippen molar-refractivity contribution >= 4 is 11.9 Å². The molecule has 0 unspecified atom stereocenters. The van der Waals surface area contributed by atoms with Crippen molar-refractivity contribution in [2.24, 2.45) is 7.05 Å². The van der Waals surface area contributed by atoms with Crippen LogP contribution >= 0.6 is 0 Å². The first-order valence-corrected chi connectivity index (χ1v) is 11.9. The smallest absolute Gasteiger partial charge is 0.349 e. The zero-order chi connectivity index (χ0) is 25.8. The number of hydrogen-bond acceptors (Lipinski definition) is 5. The van der Waals surface area contributed by atoms with Crippen LogP contribution < -0.4 is 10.1 Å². The highest BCUT2D eigenvalue weighted by atomic mass is 16.6. The van der Waals surface area contributed by atoms with Gasteiger partial charge in [0, 0.05) is 13.6 Å². The Labute approximate surface area is 207 Å². The van der Waals surface area contributed by atoms with E-state index < -0.39 is 11.6 Å². The Hall–Kier alpha value is -3.61. The summed E-state index contributed by atoms with van der Waals surface area (Å²) in [6.45, 7) is 12.0. The molecule has 1 N–H and O–H groups in total. The van der Waals surface area contributed by atoms with Crippen molar-refractivity contribution in [3.8, 4) is 17.0 Å². The van der Waals surface area contributed by atoms with E-state index >= 15 is 0 Å². The average molecular weight is 478 g/mol. The molecule has 0 fully saturated rings. The standard InChI is InChI=1S/C28H35N3O4/c1-8-34-27(33)28(5,6)35-25-14-9-20(15-19(25)4)17-29-26(32)23-16-24(31(7)30-23)22-12-10-21(11-13-22)18(2)3/h9-16,18H,8,17H2,1-7H3,(H,29,32). The van der Waals surface area contributed by atoms with E-state index in [0.29, 0.717) is 30.5 Å². The third-order valence-electron chi connectivity index (χ3n) is 5.81. The lowest BCUT2D eigenvalue weighted by Gasteiger charge is -2.25. The first kappa shape index (κ1) is 26.0. The first-order valence-electron chi connectivity index (χ1n) is 11.9. The number of amides is 1. The molecule has 0 saturated carbocycles. The van der Waals surface area contributed by atoms with Gasteiger partial charge in [-0.15, -0.1) is 0 Å². The molecule has 3 aromatic rings. The second-order valence-corrected chi connectivity index (χ2v) is 9.43. The number of nitrogens with zero attached hydrogens (tertiary/aromatic N) is 2. The van der Waals surface area contributed by atoms with Gasteiger partial charge in [0.15, 0.2) is 11.3 Å². The predicted molar refractivity (Wildman–Crippen MR) is 136 cm³/mol. The fraction of sp³-hybridized carbons (Fsp3) is 0.393. The van der Waals surface area contributed by atoms with E-state index in [4.69, 9.17) is 9.47 Å². The maximum Gasteiger partial charge on any atom is 0.349 e. The summed E-state index contributed by atoms with van der Waals surface area (Å²) in [6, 6.07) is 15.7. The normalized spacial score (nSPS) is 11.4. The Morgan fingerprint density at radius 2 is 1.77 bits per heavy atom. The summed E-state index contributed by atoms with van der Waals surface area (Å²) < 4.78 is 12.7. The van der Waals surface area contributed by atoms with Crippen LogP contribution in [-0.2, 0) is 23.1 Å². The van der Waals surface area contributed by atoms with Crippen LogP contribution in [0.2, 0.25) is 0 Å². The van der Waals surface area contributed by atoms with Crippen LogP contribution in [0.5, 0.6) is 5.75 Å². The highest BCUT2D eigenvalue weighted by molar-refractivity contribution is 5.93. The van der Waals surface area contributed by atoms with Gasteiger partial charge in [-0.1, -0.05) is 50.2 Å². The first-order chi connectivity index (χ1) is 16.5. The molecule has 0 spiro atoms. The molecule has 35 heavy (non-hydrogen) atoms. The van der Waals surface area contributed by atoms with Gasteiger partial charge in [0.1, 0.15) is 5.75 Å². The largest absolute Gasteiger partial charge is 0.476 e. The number of ether oxygens (including phenoxy) is 2. The molecule has 2 aromatic carbocycles. The number of nitrogens with one attached hydrogen (secondary N) is 1. The molecular formula is C28H35N3O4. The van der Waals surface area contributed by atoms with Crippen molar-refractivity contribution in [3.63, 3.8) is 0 Å². The van der Waals surface area contributed by atoms with Crippen LogP contribution in [0.25, 0.3) is 11.3 Å². The molecule has 0 atom stereocenters. The van der Waals surface area contributed by atoms with Crippen LogP contribution in [0, 0.1) is 6.92 Å². The molecule has 7 nitrogen and oxygen atoms in total. The minimum atomic E-state index is -1.09. The lowest BCUT2D eigenvalue weighted by Crippen LogP contribution is -2.39. The van der Waals surface area contributed by atoms with E-state index in [2.05, 4.69) is 48.5 Å². The zero-order valence-corrected chi connectivity index (χ0v) is 21.6. The quantitative estimate of drug-likeness (QED) is 0.430. The maximum absolute atomic E-state index is 12.8. The molecule has 0 radical (unpaired) electrons. The minimum absolute atomic E-state index is 0.243. The Balaban J connectivity index is 1.65. The van der Waals surface area contributed by atoms with Crippen molar-refractivity contribution in [1.29, 1.82) is 0 Å². The third-order valence-corrected chi connectivity index (χ3v) is 5.81. The lowest BCUT2D eigenvalue weighted by molar-refractivity contribution is -0.158. The van der Waals surface area contributed by atoms with Gasteiger partial charge in [-0.25, -0.2) is 4.79 Å². The molecule has 0 aliphatic carbocycles. The average Bonchev–Trinajstić information content (AvgIpc) is 3.21. The number of hydrogen-bond donors (Lipinski definition) is 1. The second-order valence-electron chi connectivity index (χ2n) is 9.43. The van der Waals surface area contributed by atoms with E-state index in [1.54, 1.807) is 37.6 Å². The van der Waals surface area contributed by atoms with Gasteiger partial charge in [-0.3, -0.25) is 9.48 Å². The predicted octanol–water partition coefficient (Wildman–Crippen LogP) is 5.17. The molecule has 0 saturated heterocycles. The third kappa shape index (κ3) is 6.29. The fourth-order valence-corrected chi connectivity index (χ4v) is 3.72. The number of carbonyl (C=O) groups is 2. The molecule has 1 aromatic heterocycles. The summed E-state index contributed by atoms with van der Waals surface area (Å²) >= 11 is 0. The van der Waals surface area contributed by atoms with Gasteiger partial charge in [0.2, 0.25) is 0 Å². The molecule has 3 rings (SSSR count). The summed E-state index contributed by atoms with van der Waals surface area (Å²) in [4.78, 5) is 24.9. The van der Waals surface area contributed by atoms with Crippen molar-refractivity contribution in [3.05, 3.63) is 70.9 Å². The maximum atomic E-state index is 12.8. The molecule has 1 amide bonds. The summed E-state index contributed by atoms with van der Waals surface area (Å²) in [5, 5.41) is 7.33. The molecule has 0 bridgehead atoms. The van der Waals surface area contributed by atoms with E-state index in [9.17, 15) is 9.59 Å². The Bertz CT molecular complexity index is 1190. The van der Waals surface area contributed by atoms with Crippen LogP contribution in [0.15, 0.2) is 48.5 Å². The van der Waals surface area contributed by atoms with E-state index in [1.807, 2.05) is 26.1 Å². The fourth-order valence-electron chi connectivity index (χ4n) is 3.72. The molecule has 1 heterocycles. The zero-order valence-electron chi connectivity index (χ0n) is 21.6. The van der Waals surface area contributed by atoms with Crippen molar-refractivity contribution in [1.82, 2.24) is 15.1 Å². The van der Waals surface area contributed by atoms with Crippen molar-refractivity contribution in [2.75, 3.05) is 6.61 Å². The van der Waals surface area contributed by atoms with Gasteiger partial charge in [-0.2, -0.15) is 5.10 Å². The SMILES string of the molecule is CCOC(=O)C(C)(C)Oc1ccc(CNC(=O)c2cc(-c3ccc(C(C)C)cc3)n(C)n2)cc1C. The van der Waals surface area contributed by atoms with Crippen LogP contribution in [0.4, 0.5) is 0 Å². The highest BCUT2D eigenvalue weighted by Gasteiger charge is 2.32. The van der Waals surface area contributed by atoms with Crippen molar-refractivity contribution < 1.29 is 19.1 Å². The summed E-state index contributed by atoms with van der Waals surface area (Å²) in [5.74, 6) is 0.398. The Morgan fingerprint density at radius 1 is 1.09 bits per heavy atom. The van der Waals surface area contributed by atoms with Gasteiger partial charge in [0.25, 0.3) is 5.91 Å². The van der Waals surface area contributed by atoms with Crippen LogP contribution in [-0.4, -0.2) is 33.9 Å². The van der Waals surface area contributed by atoms with Crippen molar-refractivity contribution in [2.45, 2.75) is 59.6 Å². The van der Waals surface area contributed by atoms with Crippen LogP contribution in [0.1, 0.15) is 67.7 Å². The number of aryl methyl sites for hydroxylation is 2. The van der Waals surface area contributed by atoms with Gasteiger partial charge in [0.05, 0.1) is 12.3 Å². The molecule has 7 heteroatoms. The van der Waals surface area contributed by atoms with Gasteiger partial charge < -0.3 is 14.8 Å². The number of esters is 1. The monoisotopic (exact) mass is 477 g/mol. The summed E-state index contributed by atoms with van der Waals surface area (Å²) in [5.41, 5.74) is 4.21. The highest BCUT2D eigenvalue weighted by Crippen LogP contribution is 2.26.